The number of halogens is 1. The third-order valence-corrected chi connectivity index (χ3v) is 4.79. The first-order chi connectivity index (χ1) is 10.2. The summed E-state index contributed by atoms with van der Waals surface area (Å²) in [6.07, 6.45) is -0.0981. The summed E-state index contributed by atoms with van der Waals surface area (Å²) in [4.78, 5) is 1.14. The normalized spacial score (nSPS) is 18.7. The molecule has 0 aliphatic carbocycles. The van der Waals surface area contributed by atoms with Gasteiger partial charge in [-0.2, -0.15) is 0 Å². The maximum Gasteiger partial charge on any atom is 0.133 e. The number of ether oxygens (including phenoxy) is 1. The van der Waals surface area contributed by atoms with Gasteiger partial charge in [-0.1, -0.05) is 18.2 Å². The number of aryl methyl sites for hydroxylation is 1. The predicted octanol–water partition coefficient (Wildman–Crippen LogP) is 3.19. The van der Waals surface area contributed by atoms with Crippen LogP contribution >= 0.6 is 11.8 Å². The standard InChI is InChI=1S/C16H17FN2OS/c1-10-8-11(17)6-7-12(10)16(19-18)14-9-21-15-5-3-2-4-13(15)20-14/h2-8,14,16,19H,9,18H2,1H3. The maximum absolute atomic E-state index is 13.3. The van der Waals surface area contributed by atoms with Crippen LogP contribution < -0.4 is 16.0 Å². The van der Waals surface area contributed by atoms with Crippen LogP contribution in [0.5, 0.6) is 5.75 Å². The fourth-order valence-corrected chi connectivity index (χ4v) is 3.62. The number of rotatable bonds is 3. The summed E-state index contributed by atoms with van der Waals surface area (Å²) in [6, 6.07) is 12.5. The largest absolute Gasteiger partial charge is 0.486 e. The molecule has 2 atom stereocenters. The Hall–Kier alpha value is -1.56. The smallest absolute Gasteiger partial charge is 0.133 e. The number of hydrazine groups is 1. The minimum atomic E-state index is -0.240. The number of nitrogens with two attached hydrogens (primary N) is 1. The van der Waals surface area contributed by atoms with Crippen molar-refractivity contribution in [2.75, 3.05) is 5.75 Å². The van der Waals surface area contributed by atoms with Crippen molar-refractivity contribution in [2.24, 2.45) is 5.84 Å². The molecule has 2 aromatic rings. The average molecular weight is 304 g/mol. The molecule has 0 saturated carbocycles. The predicted molar refractivity (Wildman–Crippen MR) is 82.8 cm³/mol. The molecule has 0 bridgehead atoms. The van der Waals surface area contributed by atoms with Crippen molar-refractivity contribution in [3.05, 3.63) is 59.4 Å². The van der Waals surface area contributed by atoms with Crippen LogP contribution in [0.1, 0.15) is 17.2 Å². The highest BCUT2D eigenvalue weighted by molar-refractivity contribution is 7.99. The third-order valence-electron chi connectivity index (χ3n) is 3.65. The molecule has 3 N–H and O–H groups in total. The molecule has 0 aromatic heterocycles. The highest BCUT2D eigenvalue weighted by Crippen LogP contribution is 2.38. The van der Waals surface area contributed by atoms with Crippen molar-refractivity contribution >= 4 is 11.8 Å². The van der Waals surface area contributed by atoms with Crippen molar-refractivity contribution in [3.8, 4) is 5.75 Å². The van der Waals surface area contributed by atoms with Crippen LogP contribution in [-0.4, -0.2) is 11.9 Å². The number of fused-ring (bicyclic) bond motifs is 1. The van der Waals surface area contributed by atoms with Crippen molar-refractivity contribution in [1.82, 2.24) is 5.43 Å². The van der Waals surface area contributed by atoms with E-state index in [-0.39, 0.29) is 18.0 Å². The van der Waals surface area contributed by atoms with Gasteiger partial charge >= 0.3 is 0 Å². The first-order valence-electron chi connectivity index (χ1n) is 6.79. The van der Waals surface area contributed by atoms with E-state index in [4.69, 9.17) is 10.6 Å². The van der Waals surface area contributed by atoms with E-state index in [1.165, 1.54) is 12.1 Å². The van der Waals surface area contributed by atoms with E-state index in [1.807, 2.05) is 31.2 Å². The highest BCUT2D eigenvalue weighted by atomic mass is 32.2. The molecule has 5 heteroatoms. The molecule has 3 rings (SSSR count). The Morgan fingerprint density at radius 3 is 2.90 bits per heavy atom. The molecule has 110 valence electrons. The lowest BCUT2D eigenvalue weighted by atomic mass is 9.97. The monoisotopic (exact) mass is 304 g/mol. The first kappa shape index (κ1) is 14.4. The lowest BCUT2D eigenvalue weighted by Gasteiger charge is -2.32. The lowest BCUT2D eigenvalue weighted by Crippen LogP contribution is -2.42. The minimum absolute atomic E-state index is 0.0981. The summed E-state index contributed by atoms with van der Waals surface area (Å²) in [5.41, 5.74) is 4.65. The van der Waals surface area contributed by atoms with E-state index in [9.17, 15) is 4.39 Å². The van der Waals surface area contributed by atoms with Crippen LogP contribution in [0.15, 0.2) is 47.4 Å². The third kappa shape index (κ3) is 2.90. The van der Waals surface area contributed by atoms with E-state index in [0.29, 0.717) is 0 Å². The lowest BCUT2D eigenvalue weighted by molar-refractivity contribution is 0.166. The number of hydrogen-bond donors (Lipinski definition) is 2. The van der Waals surface area contributed by atoms with Gasteiger partial charge in [-0.3, -0.25) is 5.84 Å². The van der Waals surface area contributed by atoms with Crippen molar-refractivity contribution < 1.29 is 9.13 Å². The fourth-order valence-electron chi connectivity index (χ4n) is 2.59. The molecule has 0 radical (unpaired) electrons. The molecular weight excluding hydrogens is 287 g/mol. The Balaban J connectivity index is 1.88. The Bertz CT molecular complexity index is 650. The molecule has 1 aliphatic heterocycles. The SMILES string of the molecule is Cc1cc(F)ccc1C(NN)C1CSc2ccccc2O1. The topological polar surface area (TPSA) is 47.3 Å². The second-order valence-electron chi connectivity index (χ2n) is 5.06. The molecule has 0 saturated heterocycles. The number of benzene rings is 2. The summed E-state index contributed by atoms with van der Waals surface area (Å²) in [5.74, 6) is 7.16. The zero-order chi connectivity index (χ0) is 14.8. The van der Waals surface area contributed by atoms with Crippen LogP contribution in [0.3, 0.4) is 0 Å². The molecule has 0 fully saturated rings. The summed E-state index contributed by atoms with van der Waals surface area (Å²) in [7, 11) is 0. The molecule has 0 spiro atoms. The molecule has 2 aromatic carbocycles. The zero-order valence-corrected chi connectivity index (χ0v) is 12.5. The average Bonchev–Trinajstić information content (AvgIpc) is 2.50. The second kappa shape index (κ2) is 6.05. The summed E-state index contributed by atoms with van der Waals surface area (Å²) < 4.78 is 19.3. The number of para-hydroxylation sites is 1. The Labute approximate surface area is 127 Å². The Morgan fingerprint density at radius 2 is 2.14 bits per heavy atom. The van der Waals surface area contributed by atoms with Gasteiger partial charge in [-0.15, -0.1) is 11.8 Å². The molecular formula is C16H17FN2OS. The van der Waals surface area contributed by atoms with Gasteiger partial charge in [0, 0.05) is 10.6 Å². The summed E-state index contributed by atoms with van der Waals surface area (Å²) >= 11 is 1.75. The maximum atomic E-state index is 13.3. The van der Waals surface area contributed by atoms with Gasteiger partial charge in [0.2, 0.25) is 0 Å². The summed E-state index contributed by atoms with van der Waals surface area (Å²) in [5, 5.41) is 0. The van der Waals surface area contributed by atoms with Crippen LogP contribution in [0.2, 0.25) is 0 Å². The van der Waals surface area contributed by atoms with Gasteiger partial charge in [-0.05, 0) is 42.3 Å². The van der Waals surface area contributed by atoms with Crippen molar-refractivity contribution in [3.63, 3.8) is 0 Å². The summed E-state index contributed by atoms with van der Waals surface area (Å²) in [6.45, 7) is 1.88. The second-order valence-corrected chi connectivity index (χ2v) is 6.12. The van der Waals surface area contributed by atoms with Crippen molar-refractivity contribution in [2.45, 2.75) is 24.0 Å². The molecule has 3 nitrogen and oxygen atoms in total. The van der Waals surface area contributed by atoms with Crippen LogP contribution in [0.25, 0.3) is 0 Å². The number of thioether (sulfide) groups is 1. The number of hydrogen-bond acceptors (Lipinski definition) is 4. The van der Waals surface area contributed by atoms with Crippen LogP contribution in [-0.2, 0) is 0 Å². The fraction of sp³-hybridized carbons (Fsp3) is 0.250. The molecule has 1 heterocycles. The van der Waals surface area contributed by atoms with E-state index in [0.717, 1.165) is 27.5 Å². The molecule has 21 heavy (non-hydrogen) atoms. The van der Waals surface area contributed by atoms with E-state index in [1.54, 1.807) is 17.8 Å². The van der Waals surface area contributed by atoms with E-state index >= 15 is 0 Å². The Morgan fingerprint density at radius 1 is 1.33 bits per heavy atom. The minimum Gasteiger partial charge on any atom is -0.486 e. The van der Waals surface area contributed by atoms with Gasteiger partial charge < -0.3 is 4.74 Å². The van der Waals surface area contributed by atoms with Crippen LogP contribution in [0, 0.1) is 12.7 Å². The quantitative estimate of drug-likeness (QED) is 0.675. The van der Waals surface area contributed by atoms with Crippen LogP contribution in [0.4, 0.5) is 4.39 Å². The highest BCUT2D eigenvalue weighted by Gasteiger charge is 2.29. The van der Waals surface area contributed by atoms with E-state index in [2.05, 4.69) is 5.43 Å². The first-order valence-corrected chi connectivity index (χ1v) is 7.78. The van der Waals surface area contributed by atoms with Gasteiger partial charge in [0.25, 0.3) is 0 Å². The number of nitrogens with one attached hydrogen (secondary N) is 1. The molecule has 0 amide bonds. The van der Waals surface area contributed by atoms with Gasteiger partial charge in [-0.25, -0.2) is 9.82 Å². The Kier molecular flexibility index (Phi) is 4.14. The zero-order valence-electron chi connectivity index (χ0n) is 11.7. The van der Waals surface area contributed by atoms with Gasteiger partial charge in [0.05, 0.1) is 6.04 Å². The van der Waals surface area contributed by atoms with Crippen molar-refractivity contribution in [1.29, 1.82) is 0 Å². The molecule has 2 unspecified atom stereocenters. The molecule has 1 aliphatic rings. The van der Waals surface area contributed by atoms with Gasteiger partial charge in [0.15, 0.2) is 0 Å². The van der Waals surface area contributed by atoms with E-state index < -0.39 is 0 Å². The van der Waals surface area contributed by atoms with Gasteiger partial charge in [0.1, 0.15) is 17.7 Å².